The van der Waals surface area contributed by atoms with Crippen molar-refractivity contribution < 1.29 is 5.11 Å². The van der Waals surface area contributed by atoms with Gasteiger partial charge in [0.2, 0.25) is 0 Å². The highest BCUT2D eigenvalue weighted by molar-refractivity contribution is 5.84. The Morgan fingerprint density at radius 1 is 1.18 bits per heavy atom. The molecular formula is C15H17NO. The van der Waals surface area contributed by atoms with Crippen molar-refractivity contribution in [3.05, 3.63) is 42.0 Å². The smallest absolute Gasteiger partial charge is 0.116 e. The van der Waals surface area contributed by atoms with E-state index in [2.05, 4.69) is 30.0 Å². The van der Waals surface area contributed by atoms with E-state index < -0.39 is 0 Å². The Kier molecular flexibility index (Phi) is 2.52. The topological polar surface area (TPSA) is 23.5 Å². The number of rotatable bonds is 2. The molecule has 1 aliphatic rings. The van der Waals surface area contributed by atoms with Crippen molar-refractivity contribution in [2.45, 2.75) is 25.9 Å². The maximum Gasteiger partial charge on any atom is 0.116 e. The molecule has 17 heavy (non-hydrogen) atoms. The van der Waals surface area contributed by atoms with Crippen LogP contribution in [0.25, 0.3) is 10.8 Å². The van der Waals surface area contributed by atoms with Gasteiger partial charge in [-0.25, -0.2) is 0 Å². The van der Waals surface area contributed by atoms with Crippen LogP contribution in [0, 0.1) is 0 Å². The number of benzene rings is 2. The van der Waals surface area contributed by atoms with Crippen molar-refractivity contribution in [1.29, 1.82) is 0 Å². The van der Waals surface area contributed by atoms with Crippen LogP contribution in [-0.2, 0) is 6.54 Å². The molecule has 0 radical (unpaired) electrons. The minimum atomic E-state index is 0.335. The second-order valence-electron chi connectivity index (χ2n) is 4.97. The van der Waals surface area contributed by atoms with E-state index in [9.17, 15) is 5.11 Å². The Bertz CT molecular complexity index is 550. The van der Waals surface area contributed by atoms with Crippen molar-refractivity contribution in [2.24, 2.45) is 0 Å². The van der Waals surface area contributed by atoms with Gasteiger partial charge in [-0.1, -0.05) is 18.2 Å². The molecule has 0 amide bonds. The number of likely N-dealkylation sites (tertiary alicyclic amines) is 1. The van der Waals surface area contributed by atoms with E-state index in [1.165, 1.54) is 23.9 Å². The van der Waals surface area contributed by atoms with Gasteiger partial charge < -0.3 is 5.11 Å². The minimum absolute atomic E-state index is 0.335. The number of nitrogens with zero attached hydrogens (tertiary/aromatic N) is 1. The first-order valence-electron chi connectivity index (χ1n) is 6.18. The molecule has 2 aromatic carbocycles. The molecule has 0 aliphatic carbocycles. The predicted molar refractivity (Wildman–Crippen MR) is 70.1 cm³/mol. The summed E-state index contributed by atoms with van der Waals surface area (Å²) in [6.45, 7) is 4.54. The summed E-state index contributed by atoms with van der Waals surface area (Å²) in [7, 11) is 0. The summed E-state index contributed by atoms with van der Waals surface area (Å²) >= 11 is 0. The van der Waals surface area contributed by atoms with E-state index >= 15 is 0 Å². The van der Waals surface area contributed by atoms with Gasteiger partial charge in [0.25, 0.3) is 0 Å². The fourth-order valence-electron chi connectivity index (χ4n) is 2.42. The van der Waals surface area contributed by atoms with Crippen LogP contribution in [-0.4, -0.2) is 22.6 Å². The second kappa shape index (κ2) is 4.04. The van der Waals surface area contributed by atoms with E-state index in [1.807, 2.05) is 12.1 Å². The SMILES string of the molecule is CC1CCN1Cc1ccc2cc(O)ccc2c1. The molecule has 0 aromatic heterocycles. The molecule has 1 aliphatic heterocycles. The molecule has 0 spiro atoms. The molecule has 0 bridgehead atoms. The first-order chi connectivity index (χ1) is 8.22. The standard InChI is InChI=1S/C15H17NO/c1-11-6-7-16(11)10-12-2-3-14-9-15(17)5-4-13(14)8-12/h2-5,8-9,11,17H,6-7,10H2,1H3. The summed E-state index contributed by atoms with van der Waals surface area (Å²) < 4.78 is 0. The van der Waals surface area contributed by atoms with Crippen LogP contribution in [0.1, 0.15) is 18.9 Å². The summed E-state index contributed by atoms with van der Waals surface area (Å²) in [5, 5.41) is 11.7. The van der Waals surface area contributed by atoms with Gasteiger partial charge in [0.15, 0.2) is 0 Å². The minimum Gasteiger partial charge on any atom is -0.508 e. The van der Waals surface area contributed by atoms with Gasteiger partial charge in [-0.15, -0.1) is 0 Å². The Labute approximate surface area is 101 Å². The fraction of sp³-hybridized carbons (Fsp3) is 0.333. The zero-order chi connectivity index (χ0) is 11.8. The molecule has 0 saturated carbocycles. The number of phenolic OH excluding ortho intramolecular Hbond substituents is 1. The van der Waals surface area contributed by atoms with Crippen molar-refractivity contribution >= 4 is 10.8 Å². The van der Waals surface area contributed by atoms with E-state index in [4.69, 9.17) is 0 Å². The highest BCUT2D eigenvalue weighted by Crippen LogP contribution is 2.24. The third kappa shape index (κ3) is 2.01. The summed E-state index contributed by atoms with van der Waals surface area (Å²) in [6, 6.07) is 12.7. The summed E-state index contributed by atoms with van der Waals surface area (Å²) in [5.74, 6) is 0.335. The molecule has 88 valence electrons. The molecule has 1 saturated heterocycles. The average molecular weight is 227 g/mol. The van der Waals surface area contributed by atoms with Crippen LogP contribution in [0.3, 0.4) is 0 Å². The lowest BCUT2D eigenvalue weighted by molar-refractivity contribution is 0.0960. The quantitative estimate of drug-likeness (QED) is 0.852. The number of fused-ring (bicyclic) bond motifs is 1. The maximum absolute atomic E-state index is 9.42. The predicted octanol–water partition coefficient (Wildman–Crippen LogP) is 3.14. The van der Waals surface area contributed by atoms with Crippen LogP contribution in [0.15, 0.2) is 36.4 Å². The molecule has 1 heterocycles. The van der Waals surface area contributed by atoms with E-state index in [1.54, 1.807) is 6.07 Å². The molecule has 1 fully saturated rings. The van der Waals surface area contributed by atoms with Gasteiger partial charge in [-0.3, -0.25) is 4.90 Å². The summed E-state index contributed by atoms with van der Waals surface area (Å²) in [5.41, 5.74) is 1.36. The van der Waals surface area contributed by atoms with Gasteiger partial charge in [0.1, 0.15) is 5.75 Å². The molecule has 2 aromatic rings. The van der Waals surface area contributed by atoms with Crippen LogP contribution < -0.4 is 0 Å². The van der Waals surface area contributed by atoms with E-state index in [0.717, 1.165) is 18.0 Å². The van der Waals surface area contributed by atoms with Crippen LogP contribution in [0.5, 0.6) is 5.75 Å². The van der Waals surface area contributed by atoms with Gasteiger partial charge in [0, 0.05) is 19.1 Å². The number of phenols is 1. The van der Waals surface area contributed by atoms with Crippen molar-refractivity contribution in [2.75, 3.05) is 6.54 Å². The third-order valence-electron chi connectivity index (χ3n) is 3.73. The molecule has 1 unspecified atom stereocenters. The Morgan fingerprint density at radius 2 is 1.94 bits per heavy atom. The molecule has 1 N–H and O–H groups in total. The molecule has 2 heteroatoms. The molecule has 1 atom stereocenters. The largest absolute Gasteiger partial charge is 0.508 e. The highest BCUT2D eigenvalue weighted by Gasteiger charge is 2.22. The first kappa shape index (κ1) is 10.6. The van der Waals surface area contributed by atoms with Crippen molar-refractivity contribution in [1.82, 2.24) is 4.90 Å². The first-order valence-corrected chi connectivity index (χ1v) is 6.18. The summed E-state index contributed by atoms with van der Waals surface area (Å²) in [4.78, 5) is 2.49. The third-order valence-corrected chi connectivity index (χ3v) is 3.73. The molecular weight excluding hydrogens is 210 g/mol. The molecule has 3 rings (SSSR count). The van der Waals surface area contributed by atoms with Gasteiger partial charge >= 0.3 is 0 Å². The zero-order valence-electron chi connectivity index (χ0n) is 10.1. The maximum atomic E-state index is 9.42. The van der Waals surface area contributed by atoms with Crippen molar-refractivity contribution in [3.63, 3.8) is 0 Å². The Morgan fingerprint density at radius 3 is 2.65 bits per heavy atom. The van der Waals surface area contributed by atoms with Gasteiger partial charge in [0.05, 0.1) is 0 Å². The lowest BCUT2D eigenvalue weighted by Crippen LogP contribution is -2.44. The Hall–Kier alpha value is -1.54. The van der Waals surface area contributed by atoms with Crippen molar-refractivity contribution in [3.8, 4) is 5.75 Å². The summed E-state index contributed by atoms with van der Waals surface area (Å²) in [6.07, 6.45) is 1.32. The highest BCUT2D eigenvalue weighted by atomic mass is 16.3. The number of hydrogen-bond acceptors (Lipinski definition) is 2. The second-order valence-corrected chi connectivity index (χ2v) is 4.97. The lowest BCUT2D eigenvalue weighted by Gasteiger charge is -2.38. The van der Waals surface area contributed by atoms with Crippen LogP contribution >= 0.6 is 0 Å². The normalized spacial score (nSPS) is 20.4. The lowest BCUT2D eigenvalue weighted by atomic mass is 10.0. The fourth-order valence-corrected chi connectivity index (χ4v) is 2.42. The number of hydrogen-bond donors (Lipinski definition) is 1. The zero-order valence-corrected chi connectivity index (χ0v) is 10.1. The van der Waals surface area contributed by atoms with E-state index in [0.29, 0.717) is 5.75 Å². The van der Waals surface area contributed by atoms with Gasteiger partial charge in [-0.05, 0) is 47.9 Å². The Balaban J connectivity index is 1.88. The van der Waals surface area contributed by atoms with Crippen LogP contribution in [0.4, 0.5) is 0 Å². The number of aromatic hydroxyl groups is 1. The van der Waals surface area contributed by atoms with Gasteiger partial charge in [-0.2, -0.15) is 0 Å². The van der Waals surface area contributed by atoms with E-state index in [-0.39, 0.29) is 0 Å². The van der Waals surface area contributed by atoms with Crippen LogP contribution in [0.2, 0.25) is 0 Å². The average Bonchev–Trinajstić information content (AvgIpc) is 2.34. The molecule has 2 nitrogen and oxygen atoms in total. The monoisotopic (exact) mass is 227 g/mol.